The van der Waals surface area contributed by atoms with Gasteiger partial charge in [0.1, 0.15) is 5.69 Å². The Bertz CT molecular complexity index is 433. The molecule has 0 bridgehead atoms. The van der Waals surface area contributed by atoms with Gasteiger partial charge in [0.25, 0.3) is 5.91 Å². The Labute approximate surface area is 99.9 Å². The first-order valence-corrected chi connectivity index (χ1v) is 5.73. The van der Waals surface area contributed by atoms with Gasteiger partial charge in [0.05, 0.1) is 6.33 Å². The molecule has 2 heterocycles. The predicted octanol–water partition coefficient (Wildman–Crippen LogP) is 1.42. The van der Waals surface area contributed by atoms with Crippen LogP contribution in [0, 0.1) is 0 Å². The largest absolute Gasteiger partial charge is 0.357 e. The minimum absolute atomic E-state index is 0.0439. The summed E-state index contributed by atoms with van der Waals surface area (Å²) in [5, 5.41) is 2.87. The number of carbonyl (C=O) groups excluding carboxylic acids is 1. The molecule has 0 aliphatic carbocycles. The molecule has 0 unspecified atom stereocenters. The van der Waals surface area contributed by atoms with Crippen molar-refractivity contribution in [1.82, 2.24) is 19.9 Å². The van der Waals surface area contributed by atoms with E-state index in [2.05, 4.69) is 15.3 Å². The molecule has 5 heteroatoms. The summed E-state index contributed by atoms with van der Waals surface area (Å²) in [4.78, 5) is 18.4. The van der Waals surface area contributed by atoms with Gasteiger partial charge in [0, 0.05) is 31.7 Å². The van der Waals surface area contributed by atoms with Crippen LogP contribution in [0.2, 0.25) is 0 Å². The number of hydrogen-bond acceptors (Lipinski definition) is 2. The zero-order valence-corrected chi connectivity index (χ0v) is 9.60. The van der Waals surface area contributed by atoms with E-state index >= 15 is 0 Å². The zero-order chi connectivity index (χ0) is 11.9. The van der Waals surface area contributed by atoms with Crippen molar-refractivity contribution < 1.29 is 4.79 Å². The van der Waals surface area contributed by atoms with Crippen molar-refractivity contribution >= 4 is 5.91 Å². The maximum Gasteiger partial charge on any atom is 0.267 e. The van der Waals surface area contributed by atoms with E-state index in [4.69, 9.17) is 0 Å². The molecule has 90 valence electrons. The van der Waals surface area contributed by atoms with Crippen LogP contribution in [0.15, 0.2) is 37.1 Å². The molecule has 2 aromatic heterocycles. The summed E-state index contributed by atoms with van der Waals surface area (Å²) in [6.07, 6.45) is 9.25. The second-order valence-corrected chi connectivity index (χ2v) is 3.85. The fourth-order valence-electron chi connectivity index (χ4n) is 1.61. The van der Waals surface area contributed by atoms with Crippen molar-refractivity contribution in [2.24, 2.45) is 0 Å². The standard InChI is InChI=1S/C12H16N4O/c17-12(11-4-3-6-14-11)15-5-1-2-8-16-9-7-13-10-16/h3-4,6-7,9-10,14H,1-2,5,8H2,(H,15,17). The van der Waals surface area contributed by atoms with Crippen molar-refractivity contribution in [1.29, 1.82) is 0 Å². The highest BCUT2D eigenvalue weighted by molar-refractivity contribution is 5.92. The fourth-order valence-corrected chi connectivity index (χ4v) is 1.61. The highest BCUT2D eigenvalue weighted by Gasteiger charge is 2.03. The molecule has 5 nitrogen and oxygen atoms in total. The van der Waals surface area contributed by atoms with E-state index in [0.717, 1.165) is 19.4 Å². The normalized spacial score (nSPS) is 10.4. The number of H-pyrrole nitrogens is 1. The Kier molecular flexibility index (Phi) is 3.96. The van der Waals surface area contributed by atoms with Gasteiger partial charge in [-0.25, -0.2) is 4.98 Å². The van der Waals surface area contributed by atoms with Crippen LogP contribution in [0.1, 0.15) is 23.3 Å². The summed E-state index contributed by atoms with van der Waals surface area (Å²) in [6, 6.07) is 3.58. The first-order valence-electron chi connectivity index (χ1n) is 5.73. The Hall–Kier alpha value is -2.04. The number of aromatic amines is 1. The first kappa shape index (κ1) is 11.4. The number of unbranched alkanes of at least 4 members (excludes halogenated alkanes) is 1. The Morgan fingerprint density at radius 2 is 2.41 bits per heavy atom. The maximum atomic E-state index is 11.5. The Balaban J connectivity index is 1.59. The van der Waals surface area contributed by atoms with Gasteiger partial charge < -0.3 is 14.9 Å². The number of hydrogen-bond donors (Lipinski definition) is 2. The number of rotatable bonds is 6. The summed E-state index contributed by atoms with van der Waals surface area (Å²) in [6.45, 7) is 1.64. The van der Waals surface area contributed by atoms with Gasteiger partial charge in [-0.2, -0.15) is 0 Å². The van der Waals surface area contributed by atoms with Crippen LogP contribution in [0.4, 0.5) is 0 Å². The van der Waals surface area contributed by atoms with E-state index in [1.54, 1.807) is 24.8 Å². The number of imidazole rings is 1. The fraction of sp³-hybridized carbons (Fsp3) is 0.333. The lowest BCUT2D eigenvalue weighted by molar-refractivity contribution is 0.0948. The SMILES string of the molecule is O=C(NCCCCn1ccnc1)c1ccc[nH]1. The molecular formula is C12H16N4O. The van der Waals surface area contributed by atoms with Gasteiger partial charge in [-0.3, -0.25) is 4.79 Å². The molecule has 1 amide bonds. The van der Waals surface area contributed by atoms with Crippen LogP contribution in [0.3, 0.4) is 0 Å². The van der Waals surface area contributed by atoms with Crippen molar-refractivity contribution in [3.63, 3.8) is 0 Å². The lowest BCUT2D eigenvalue weighted by Crippen LogP contribution is -2.24. The molecule has 0 spiro atoms. The minimum atomic E-state index is -0.0439. The molecule has 2 rings (SSSR count). The molecule has 0 saturated heterocycles. The van der Waals surface area contributed by atoms with Gasteiger partial charge in [0.2, 0.25) is 0 Å². The van der Waals surface area contributed by atoms with Crippen LogP contribution >= 0.6 is 0 Å². The summed E-state index contributed by atoms with van der Waals surface area (Å²) in [5.74, 6) is -0.0439. The van der Waals surface area contributed by atoms with Crippen LogP contribution in [-0.2, 0) is 6.54 Å². The molecule has 2 N–H and O–H groups in total. The molecule has 2 aromatic rings. The molecule has 0 aromatic carbocycles. The minimum Gasteiger partial charge on any atom is -0.357 e. The molecule has 17 heavy (non-hydrogen) atoms. The van der Waals surface area contributed by atoms with Crippen molar-refractivity contribution in [2.75, 3.05) is 6.54 Å². The average molecular weight is 232 g/mol. The summed E-state index contributed by atoms with van der Waals surface area (Å²) in [7, 11) is 0. The number of carbonyl (C=O) groups is 1. The van der Waals surface area contributed by atoms with E-state index in [1.807, 2.05) is 16.8 Å². The lowest BCUT2D eigenvalue weighted by Gasteiger charge is -2.04. The average Bonchev–Trinajstić information content (AvgIpc) is 3.01. The molecule has 0 aliphatic rings. The lowest BCUT2D eigenvalue weighted by atomic mass is 10.3. The summed E-state index contributed by atoms with van der Waals surface area (Å²) >= 11 is 0. The summed E-state index contributed by atoms with van der Waals surface area (Å²) < 4.78 is 2.03. The summed E-state index contributed by atoms with van der Waals surface area (Å²) in [5.41, 5.74) is 0.611. The third-order valence-corrected chi connectivity index (χ3v) is 2.53. The maximum absolute atomic E-state index is 11.5. The third-order valence-electron chi connectivity index (χ3n) is 2.53. The molecular weight excluding hydrogens is 216 g/mol. The Morgan fingerprint density at radius 1 is 1.47 bits per heavy atom. The number of nitrogens with zero attached hydrogens (tertiary/aromatic N) is 2. The van der Waals surface area contributed by atoms with E-state index in [-0.39, 0.29) is 5.91 Å². The van der Waals surface area contributed by atoms with Crippen molar-refractivity contribution in [3.8, 4) is 0 Å². The van der Waals surface area contributed by atoms with E-state index in [0.29, 0.717) is 12.2 Å². The monoisotopic (exact) mass is 232 g/mol. The number of nitrogens with one attached hydrogen (secondary N) is 2. The first-order chi connectivity index (χ1) is 8.36. The van der Waals surface area contributed by atoms with Crippen molar-refractivity contribution in [2.45, 2.75) is 19.4 Å². The predicted molar refractivity (Wildman–Crippen MR) is 64.6 cm³/mol. The second-order valence-electron chi connectivity index (χ2n) is 3.85. The number of amides is 1. The van der Waals surface area contributed by atoms with Crippen LogP contribution in [-0.4, -0.2) is 27.0 Å². The zero-order valence-electron chi connectivity index (χ0n) is 9.60. The van der Waals surface area contributed by atoms with E-state index < -0.39 is 0 Å². The quantitative estimate of drug-likeness (QED) is 0.740. The molecule has 0 saturated carbocycles. The van der Waals surface area contributed by atoms with Crippen LogP contribution in [0.25, 0.3) is 0 Å². The van der Waals surface area contributed by atoms with Gasteiger partial charge in [-0.15, -0.1) is 0 Å². The highest BCUT2D eigenvalue weighted by atomic mass is 16.1. The van der Waals surface area contributed by atoms with Crippen LogP contribution in [0.5, 0.6) is 0 Å². The van der Waals surface area contributed by atoms with E-state index in [1.165, 1.54) is 0 Å². The third kappa shape index (κ3) is 3.48. The van der Waals surface area contributed by atoms with E-state index in [9.17, 15) is 4.79 Å². The Morgan fingerprint density at radius 3 is 3.12 bits per heavy atom. The topological polar surface area (TPSA) is 62.7 Å². The van der Waals surface area contributed by atoms with Crippen molar-refractivity contribution in [3.05, 3.63) is 42.7 Å². The molecule has 0 fully saturated rings. The molecule has 0 radical (unpaired) electrons. The smallest absolute Gasteiger partial charge is 0.267 e. The molecule has 0 aliphatic heterocycles. The highest BCUT2D eigenvalue weighted by Crippen LogP contribution is 1.96. The number of aromatic nitrogens is 3. The van der Waals surface area contributed by atoms with Gasteiger partial charge in [-0.1, -0.05) is 0 Å². The second kappa shape index (κ2) is 5.89. The molecule has 0 atom stereocenters. The number of aryl methyl sites for hydroxylation is 1. The van der Waals surface area contributed by atoms with Gasteiger partial charge in [-0.05, 0) is 25.0 Å². The van der Waals surface area contributed by atoms with Crippen LogP contribution < -0.4 is 5.32 Å². The van der Waals surface area contributed by atoms with Gasteiger partial charge >= 0.3 is 0 Å². The van der Waals surface area contributed by atoms with Gasteiger partial charge in [0.15, 0.2) is 0 Å².